The second kappa shape index (κ2) is 8.88. The lowest BCUT2D eigenvalue weighted by atomic mass is 10.0. The lowest BCUT2D eigenvalue weighted by molar-refractivity contribution is -0.158. The van der Waals surface area contributed by atoms with E-state index in [1.165, 1.54) is 0 Å². The van der Waals surface area contributed by atoms with E-state index in [-0.39, 0.29) is 11.9 Å². The summed E-state index contributed by atoms with van der Waals surface area (Å²) in [6.07, 6.45) is 1.32. The Kier molecular flexibility index (Phi) is 6.04. The molecular formula is C23H24ClN3O3. The molecule has 2 aromatic carbocycles. The zero-order valence-electron chi connectivity index (χ0n) is 16.7. The van der Waals surface area contributed by atoms with Gasteiger partial charge in [0.05, 0.1) is 10.6 Å². The Bertz CT molecular complexity index is 942. The van der Waals surface area contributed by atoms with Gasteiger partial charge in [0.1, 0.15) is 0 Å². The molecule has 6 nitrogen and oxygen atoms in total. The summed E-state index contributed by atoms with van der Waals surface area (Å²) in [5.41, 5.74) is 1.51. The highest BCUT2D eigenvalue weighted by molar-refractivity contribution is 6.35. The molecule has 0 N–H and O–H groups in total. The molecule has 0 unspecified atom stereocenters. The fraction of sp³-hybridized carbons (Fsp3) is 0.348. The van der Waals surface area contributed by atoms with Gasteiger partial charge in [-0.15, -0.1) is 0 Å². The maximum absolute atomic E-state index is 12.7. The van der Waals surface area contributed by atoms with Crippen LogP contribution >= 0.6 is 11.6 Å². The summed E-state index contributed by atoms with van der Waals surface area (Å²) in [6.45, 7) is 2.59. The monoisotopic (exact) mass is 425 g/mol. The van der Waals surface area contributed by atoms with E-state index in [1.807, 2.05) is 30.3 Å². The number of benzene rings is 2. The predicted octanol–water partition coefficient (Wildman–Crippen LogP) is 2.82. The minimum atomic E-state index is -0.445. The minimum Gasteiger partial charge on any atom is -0.338 e. The molecule has 156 valence electrons. The number of nitrogens with zero attached hydrogens (tertiary/aromatic N) is 3. The van der Waals surface area contributed by atoms with Crippen molar-refractivity contribution in [3.8, 4) is 0 Å². The Morgan fingerprint density at radius 3 is 2.23 bits per heavy atom. The van der Waals surface area contributed by atoms with Gasteiger partial charge in [0, 0.05) is 38.8 Å². The maximum Gasteiger partial charge on any atom is 0.312 e. The van der Waals surface area contributed by atoms with E-state index in [0.717, 1.165) is 5.56 Å². The number of likely N-dealkylation sites (tertiary alicyclic amines) is 1. The average molecular weight is 426 g/mol. The normalized spacial score (nSPS) is 18.1. The second-order valence-corrected chi connectivity index (χ2v) is 8.12. The number of piperazine rings is 1. The molecule has 4 rings (SSSR count). The molecular weight excluding hydrogens is 402 g/mol. The van der Waals surface area contributed by atoms with Crippen molar-refractivity contribution in [3.63, 3.8) is 0 Å². The van der Waals surface area contributed by atoms with Gasteiger partial charge >= 0.3 is 11.8 Å². The van der Waals surface area contributed by atoms with Gasteiger partial charge in [-0.05, 0) is 30.5 Å². The third-order valence-corrected chi connectivity index (χ3v) is 6.18. The first-order valence-corrected chi connectivity index (χ1v) is 10.6. The van der Waals surface area contributed by atoms with E-state index >= 15 is 0 Å². The molecule has 0 aliphatic carbocycles. The molecule has 0 saturated carbocycles. The third kappa shape index (κ3) is 4.19. The quantitative estimate of drug-likeness (QED) is 0.708. The zero-order chi connectivity index (χ0) is 21.1. The summed E-state index contributed by atoms with van der Waals surface area (Å²) in [7, 11) is 0. The van der Waals surface area contributed by atoms with Crippen molar-refractivity contribution in [3.05, 3.63) is 70.7 Å². The Balaban J connectivity index is 1.34. The van der Waals surface area contributed by atoms with Crippen LogP contribution in [0.4, 0.5) is 0 Å². The van der Waals surface area contributed by atoms with E-state index in [0.29, 0.717) is 56.2 Å². The van der Waals surface area contributed by atoms with Crippen molar-refractivity contribution >= 4 is 29.3 Å². The molecule has 0 aromatic heterocycles. The van der Waals surface area contributed by atoms with Crippen molar-refractivity contribution in [2.45, 2.75) is 25.4 Å². The van der Waals surface area contributed by atoms with Crippen molar-refractivity contribution < 1.29 is 14.4 Å². The van der Waals surface area contributed by atoms with Crippen molar-refractivity contribution in [1.82, 2.24) is 14.7 Å². The van der Waals surface area contributed by atoms with Crippen LogP contribution in [0, 0.1) is 0 Å². The number of carbonyl (C=O) groups is 3. The van der Waals surface area contributed by atoms with E-state index in [1.54, 1.807) is 39.0 Å². The van der Waals surface area contributed by atoms with Gasteiger partial charge in [-0.1, -0.05) is 54.1 Å². The molecule has 2 aliphatic rings. The zero-order valence-corrected chi connectivity index (χ0v) is 17.4. The number of amides is 3. The Labute approximate surface area is 181 Å². The number of piperidine rings is 1. The molecule has 2 aliphatic heterocycles. The molecule has 0 spiro atoms. The molecule has 7 heteroatoms. The van der Waals surface area contributed by atoms with Crippen molar-refractivity contribution in [2.24, 2.45) is 0 Å². The number of carbonyl (C=O) groups excluding carboxylic acids is 3. The second-order valence-electron chi connectivity index (χ2n) is 7.71. The molecule has 30 heavy (non-hydrogen) atoms. The summed E-state index contributed by atoms with van der Waals surface area (Å²) in [5.74, 6) is -0.970. The molecule has 2 heterocycles. The largest absolute Gasteiger partial charge is 0.338 e. The van der Waals surface area contributed by atoms with Gasteiger partial charge in [-0.25, -0.2) is 0 Å². The summed E-state index contributed by atoms with van der Waals surface area (Å²) >= 11 is 6.15. The van der Waals surface area contributed by atoms with Crippen LogP contribution in [-0.2, 0) is 16.1 Å². The van der Waals surface area contributed by atoms with Crippen LogP contribution in [0.3, 0.4) is 0 Å². The highest BCUT2D eigenvalue weighted by Crippen LogP contribution is 2.23. The Morgan fingerprint density at radius 1 is 0.867 bits per heavy atom. The van der Waals surface area contributed by atoms with Crippen LogP contribution in [0.25, 0.3) is 0 Å². The highest BCUT2D eigenvalue weighted by Gasteiger charge is 2.38. The summed E-state index contributed by atoms with van der Waals surface area (Å²) in [4.78, 5) is 43.2. The number of rotatable bonds is 4. The fourth-order valence-electron chi connectivity index (χ4n) is 4.18. The molecule has 3 amide bonds. The van der Waals surface area contributed by atoms with Gasteiger partial charge in [0.25, 0.3) is 5.91 Å². The van der Waals surface area contributed by atoms with E-state index < -0.39 is 11.8 Å². The van der Waals surface area contributed by atoms with Crippen LogP contribution < -0.4 is 0 Å². The maximum atomic E-state index is 12.7. The predicted molar refractivity (Wildman–Crippen MR) is 114 cm³/mol. The Morgan fingerprint density at radius 2 is 1.53 bits per heavy atom. The van der Waals surface area contributed by atoms with Crippen molar-refractivity contribution in [2.75, 3.05) is 26.2 Å². The van der Waals surface area contributed by atoms with E-state index in [4.69, 9.17) is 11.6 Å². The van der Waals surface area contributed by atoms with Gasteiger partial charge in [0.15, 0.2) is 0 Å². The number of hydrogen-bond acceptors (Lipinski definition) is 3. The van der Waals surface area contributed by atoms with Crippen LogP contribution in [0.2, 0.25) is 5.02 Å². The van der Waals surface area contributed by atoms with Crippen LogP contribution in [-0.4, -0.2) is 64.6 Å². The fourth-order valence-corrected chi connectivity index (χ4v) is 4.39. The first-order valence-electron chi connectivity index (χ1n) is 10.2. The topological polar surface area (TPSA) is 60.9 Å². The standard InChI is InChI=1S/C23H24ClN3O3/c24-20-9-5-4-8-19(20)21(28)25-12-10-18(11-13-25)27-15-14-26(22(29)23(27)30)16-17-6-2-1-3-7-17/h1-9,18H,10-16H2. The van der Waals surface area contributed by atoms with Gasteiger partial charge in [0.2, 0.25) is 0 Å². The van der Waals surface area contributed by atoms with Gasteiger partial charge < -0.3 is 14.7 Å². The molecule has 2 saturated heterocycles. The summed E-state index contributed by atoms with van der Waals surface area (Å²) < 4.78 is 0. The van der Waals surface area contributed by atoms with Crippen molar-refractivity contribution in [1.29, 1.82) is 0 Å². The summed E-state index contributed by atoms with van der Waals surface area (Å²) in [6, 6.07) is 16.7. The minimum absolute atomic E-state index is 0.0179. The molecule has 2 aromatic rings. The van der Waals surface area contributed by atoms with Crippen LogP contribution in [0.1, 0.15) is 28.8 Å². The van der Waals surface area contributed by atoms with Crippen LogP contribution in [0.5, 0.6) is 0 Å². The molecule has 2 fully saturated rings. The van der Waals surface area contributed by atoms with Gasteiger partial charge in [-0.3, -0.25) is 14.4 Å². The SMILES string of the molecule is O=C1C(=O)N(C2CCN(C(=O)c3ccccc3Cl)CC2)CCN1Cc1ccccc1. The van der Waals surface area contributed by atoms with Gasteiger partial charge in [-0.2, -0.15) is 0 Å². The number of hydrogen-bond donors (Lipinski definition) is 0. The molecule has 0 radical (unpaired) electrons. The number of halogens is 1. The summed E-state index contributed by atoms with van der Waals surface area (Å²) in [5, 5.41) is 0.444. The third-order valence-electron chi connectivity index (χ3n) is 5.85. The first kappa shape index (κ1) is 20.4. The highest BCUT2D eigenvalue weighted by atomic mass is 35.5. The Hall–Kier alpha value is -2.86. The lowest BCUT2D eigenvalue weighted by Crippen LogP contribution is -2.59. The van der Waals surface area contributed by atoms with E-state index in [9.17, 15) is 14.4 Å². The lowest BCUT2D eigenvalue weighted by Gasteiger charge is -2.42. The molecule has 0 atom stereocenters. The molecule has 0 bridgehead atoms. The average Bonchev–Trinajstić information content (AvgIpc) is 2.78. The van der Waals surface area contributed by atoms with E-state index in [2.05, 4.69) is 0 Å². The smallest absolute Gasteiger partial charge is 0.312 e. The van der Waals surface area contributed by atoms with Crippen LogP contribution in [0.15, 0.2) is 54.6 Å². The first-order chi connectivity index (χ1) is 14.5.